The molecule has 3 heterocycles. The molecule has 2 saturated heterocycles. The molecule has 0 saturated carbocycles. The van der Waals surface area contributed by atoms with Gasteiger partial charge in [-0.3, -0.25) is 14.2 Å². The second kappa shape index (κ2) is 9.27. The lowest BCUT2D eigenvalue weighted by atomic mass is 10.2. The van der Waals surface area contributed by atoms with Gasteiger partial charge in [-0.2, -0.15) is 0 Å². The molecule has 0 atom stereocenters. The van der Waals surface area contributed by atoms with Crippen molar-refractivity contribution in [1.29, 1.82) is 0 Å². The summed E-state index contributed by atoms with van der Waals surface area (Å²) in [6.45, 7) is 5.53. The fraction of sp³-hybridized carbons (Fsp3) is 0.737. The summed E-state index contributed by atoms with van der Waals surface area (Å²) >= 11 is 0. The van der Waals surface area contributed by atoms with Gasteiger partial charge >= 0.3 is 5.69 Å². The van der Waals surface area contributed by atoms with E-state index in [9.17, 15) is 14.4 Å². The zero-order valence-electron chi connectivity index (χ0n) is 16.7. The van der Waals surface area contributed by atoms with Crippen LogP contribution < -0.4 is 21.9 Å². The van der Waals surface area contributed by atoms with Gasteiger partial charge in [0.1, 0.15) is 18.1 Å². The van der Waals surface area contributed by atoms with E-state index in [2.05, 4.69) is 0 Å². The van der Waals surface area contributed by atoms with Gasteiger partial charge in [0.2, 0.25) is 5.91 Å². The number of nitrogens with two attached hydrogens (primary N) is 1. The molecular weight excluding hydrogens is 362 g/mol. The monoisotopic (exact) mass is 393 g/mol. The quantitative estimate of drug-likeness (QED) is 0.769. The number of hydrogen-bond donors (Lipinski definition) is 1. The average Bonchev–Trinajstić information content (AvgIpc) is 2.99. The number of ether oxygens (including phenoxy) is 1. The smallest absolute Gasteiger partial charge is 0.333 e. The van der Waals surface area contributed by atoms with Crippen LogP contribution in [0, 0.1) is 0 Å². The number of likely N-dealkylation sites (tertiary alicyclic amines) is 1. The summed E-state index contributed by atoms with van der Waals surface area (Å²) in [4.78, 5) is 42.6. The number of rotatable bonds is 5. The molecule has 0 bridgehead atoms. The van der Waals surface area contributed by atoms with Crippen LogP contribution in [0.5, 0.6) is 0 Å². The number of nitrogen functional groups attached to an aromatic ring is 1. The number of amides is 1. The number of anilines is 2. The van der Waals surface area contributed by atoms with Crippen LogP contribution in [0.2, 0.25) is 0 Å². The summed E-state index contributed by atoms with van der Waals surface area (Å²) in [5, 5.41) is 0. The molecule has 2 aliphatic heterocycles. The van der Waals surface area contributed by atoms with E-state index < -0.39 is 11.2 Å². The number of hydrogen-bond acceptors (Lipinski definition) is 6. The van der Waals surface area contributed by atoms with Gasteiger partial charge in [0.05, 0.1) is 13.2 Å². The van der Waals surface area contributed by atoms with Crippen molar-refractivity contribution in [2.45, 2.75) is 52.1 Å². The highest BCUT2D eigenvalue weighted by Gasteiger charge is 2.25. The Labute approximate surface area is 164 Å². The molecule has 2 aliphatic rings. The van der Waals surface area contributed by atoms with Crippen molar-refractivity contribution in [3.63, 3.8) is 0 Å². The van der Waals surface area contributed by atoms with Crippen molar-refractivity contribution in [1.82, 2.24) is 14.0 Å². The van der Waals surface area contributed by atoms with Gasteiger partial charge in [0.15, 0.2) is 0 Å². The van der Waals surface area contributed by atoms with E-state index in [1.807, 2.05) is 11.8 Å². The van der Waals surface area contributed by atoms with Gasteiger partial charge in [-0.25, -0.2) is 9.36 Å². The molecule has 0 unspecified atom stereocenters. The Morgan fingerprint density at radius 2 is 1.64 bits per heavy atom. The number of morpholine rings is 1. The van der Waals surface area contributed by atoms with Crippen molar-refractivity contribution < 1.29 is 9.53 Å². The maximum absolute atomic E-state index is 13.2. The minimum Gasteiger partial charge on any atom is -0.383 e. The molecule has 0 radical (unpaired) electrons. The fourth-order valence-corrected chi connectivity index (χ4v) is 3.92. The molecule has 0 aliphatic carbocycles. The van der Waals surface area contributed by atoms with Gasteiger partial charge in [0.25, 0.3) is 5.56 Å². The van der Waals surface area contributed by atoms with Gasteiger partial charge in [-0.05, 0) is 19.3 Å². The SMILES string of the molecule is CCCn1c(N)c(N2CCOCC2)c(=O)n(CC(=O)N2CCCCCC2)c1=O. The van der Waals surface area contributed by atoms with Crippen LogP contribution in [0.4, 0.5) is 11.5 Å². The van der Waals surface area contributed by atoms with Crippen molar-refractivity contribution >= 4 is 17.4 Å². The van der Waals surface area contributed by atoms with Gasteiger partial charge in [-0.1, -0.05) is 19.8 Å². The zero-order valence-corrected chi connectivity index (χ0v) is 16.7. The molecule has 1 aromatic rings. The Bertz CT molecular complexity index is 802. The predicted octanol–water partition coefficient (Wildman–Crippen LogP) is 0.241. The first-order chi connectivity index (χ1) is 13.5. The lowest BCUT2D eigenvalue weighted by Gasteiger charge is -2.30. The summed E-state index contributed by atoms with van der Waals surface area (Å²) in [6.07, 6.45) is 4.83. The maximum atomic E-state index is 13.2. The summed E-state index contributed by atoms with van der Waals surface area (Å²) < 4.78 is 7.85. The third-order valence-electron chi connectivity index (χ3n) is 5.47. The van der Waals surface area contributed by atoms with E-state index >= 15 is 0 Å². The summed E-state index contributed by atoms with van der Waals surface area (Å²) in [5.74, 6) is -0.000862. The van der Waals surface area contributed by atoms with Gasteiger partial charge in [-0.15, -0.1) is 0 Å². The van der Waals surface area contributed by atoms with Crippen molar-refractivity contribution in [3.8, 4) is 0 Å². The van der Waals surface area contributed by atoms with Crippen molar-refractivity contribution in [3.05, 3.63) is 20.8 Å². The molecule has 28 heavy (non-hydrogen) atoms. The topological polar surface area (TPSA) is 103 Å². The molecule has 0 aromatic carbocycles. The molecule has 2 N–H and O–H groups in total. The molecular formula is C19H31N5O4. The Morgan fingerprint density at radius 1 is 1.00 bits per heavy atom. The molecule has 3 rings (SSSR count). The second-order valence-corrected chi connectivity index (χ2v) is 7.45. The van der Waals surface area contributed by atoms with Crippen LogP contribution in [0.1, 0.15) is 39.0 Å². The van der Waals surface area contributed by atoms with E-state index in [4.69, 9.17) is 10.5 Å². The Kier molecular flexibility index (Phi) is 6.77. The maximum Gasteiger partial charge on any atom is 0.333 e. The third-order valence-corrected chi connectivity index (χ3v) is 5.47. The van der Waals surface area contributed by atoms with E-state index in [0.29, 0.717) is 58.0 Å². The van der Waals surface area contributed by atoms with Gasteiger partial charge in [0, 0.05) is 32.7 Å². The van der Waals surface area contributed by atoms with Crippen LogP contribution in [0.25, 0.3) is 0 Å². The molecule has 156 valence electrons. The summed E-state index contributed by atoms with van der Waals surface area (Å²) in [5.41, 5.74) is 5.55. The first kappa shape index (κ1) is 20.4. The Hall–Kier alpha value is -2.29. The highest BCUT2D eigenvalue weighted by Crippen LogP contribution is 2.18. The predicted molar refractivity (Wildman–Crippen MR) is 108 cm³/mol. The highest BCUT2D eigenvalue weighted by atomic mass is 16.5. The number of nitrogens with zero attached hydrogens (tertiary/aromatic N) is 4. The third kappa shape index (κ3) is 4.24. The van der Waals surface area contributed by atoms with Crippen LogP contribution in [0.15, 0.2) is 9.59 Å². The first-order valence-electron chi connectivity index (χ1n) is 10.3. The molecule has 9 heteroatoms. The highest BCUT2D eigenvalue weighted by molar-refractivity contribution is 5.76. The number of aromatic nitrogens is 2. The van der Waals surface area contributed by atoms with Crippen LogP contribution in [0.3, 0.4) is 0 Å². The van der Waals surface area contributed by atoms with Crippen molar-refractivity contribution in [2.75, 3.05) is 50.0 Å². The Morgan fingerprint density at radius 3 is 2.25 bits per heavy atom. The standard InChI is InChI=1S/C19H31N5O4/c1-2-7-23-17(20)16(22-10-12-28-13-11-22)18(26)24(19(23)27)14-15(25)21-8-5-3-4-6-9-21/h2-14,20H2,1H3. The lowest BCUT2D eigenvalue weighted by Crippen LogP contribution is -2.49. The van der Waals surface area contributed by atoms with E-state index in [0.717, 1.165) is 30.3 Å². The molecule has 9 nitrogen and oxygen atoms in total. The Balaban J connectivity index is 1.99. The molecule has 1 aromatic heterocycles. The van der Waals surface area contributed by atoms with Crippen LogP contribution in [-0.4, -0.2) is 59.3 Å². The van der Waals surface area contributed by atoms with E-state index in [-0.39, 0.29) is 18.3 Å². The average molecular weight is 393 g/mol. The number of carbonyl (C=O) groups is 1. The minimum absolute atomic E-state index is 0.178. The molecule has 2 fully saturated rings. The largest absolute Gasteiger partial charge is 0.383 e. The number of carbonyl (C=O) groups excluding carboxylic acids is 1. The minimum atomic E-state index is -0.510. The zero-order chi connectivity index (χ0) is 20.1. The van der Waals surface area contributed by atoms with E-state index in [1.165, 1.54) is 4.57 Å². The fourth-order valence-electron chi connectivity index (χ4n) is 3.92. The van der Waals surface area contributed by atoms with Crippen LogP contribution >= 0.6 is 0 Å². The lowest BCUT2D eigenvalue weighted by molar-refractivity contribution is -0.131. The summed E-state index contributed by atoms with van der Waals surface area (Å²) in [7, 11) is 0. The van der Waals surface area contributed by atoms with E-state index in [1.54, 1.807) is 4.90 Å². The first-order valence-corrected chi connectivity index (χ1v) is 10.3. The van der Waals surface area contributed by atoms with Gasteiger partial charge < -0.3 is 20.3 Å². The second-order valence-electron chi connectivity index (χ2n) is 7.45. The van der Waals surface area contributed by atoms with Crippen LogP contribution in [-0.2, 0) is 22.6 Å². The summed E-state index contributed by atoms with van der Waals surface area (Å²) in [6, 6.07) is 0. The normalized spacial score (nSPS) is 18.2. The molecule has 1 amide bonds. The van der Waals surface area contributed by atoms with Crippen molar-refractivity contribution in [2.24, 2.45) is 0 Å². The molecule has 0 spiro atoms.